The fourth-order valence-corrected chi connectivity index (χ4v) is 5.66. The first-order valence-electron chi connectivity index (χ1n) is 7.71. The predicted octanol–water partition coefficient (Wildman–Crippen LogP) is 2.14. The third kappa shape index (κ3) is 1.28. The summed E-state index contributed by atoms with van der Waals surface area (Å²) in [5, 5.41) is 10.4. The lowest BCUT2D eigenvalue weighted by atomic mass is 9.53. The summed E-state index contributed by atoms with van der Waals surface area (Å²) in [5.74, 6) is 1.49. The molecule has 1 N–H and O–H groups in total. The third-order valence-electron chi connectivity index (χ3n) is 6.15. The molecule has 110 valence electrons. The quantitative estimate of drug-likeness (QED) is 0.569. The summed E-state index contributed by atoms with van der Waals surface area (Å²) in [6, 6.07) is 4.42. The Labute approximate surface area is 130 Å². The van der Waals surface area contributed by atoms with Gasteiger partial charge in [-0.2, -0.15) is 12.6 Å². The van der Waals surface area contributed by atoms with Gasteiger partial charge >= 0.3 is 0 Å². The molecule has 2 bridgehead atoms. The van der Waals surface area contributed by atoms with Crippen LogP contribution in [0.15, 0.2) is 24.3 Å². The van der Waals surface area contributed by atoms with Crippen molar-refractivity contribution in [1.82, 2.24) is 4.90 Å². The topological polar surface area (TPSA) is 32.7 Å². The van der Waals surface area contributed by atoms with Crippen LogP contribution in [-0.4, -0.2) is 41.0 Å². The number of likely N-dealkylation sites (tertiary alicyclic amines) is 1. The second-order valence-corrected chi connectivity index (χ2v) is 7.53. The normalized spacial score (nSPS) is 42.6. The van der Waals surface area contributed by atoms with E-state index in [0.717, 1.165) is 25.1 Å². The van der Waals surface area contributed by atoms with E-state index in [1.807, 2.05) is 0 Å². The summed E-state index contributed by atoms with van der Waals surface area (Å²) in [4.78, 5) is 2.49. The Morgan fingerprint density at radius 3 is 3.10 bits per heavy atom. The molecule has 1 saturated heterocycles. The van der Waals surface area contributed by atoms with Gasteiger partial charge in [-0.25, -0.2) is 0 Å². The van der Waals surface area contributed by atoms with Gasteiger partial charge in [0, 0.05) is 22.9 Å². The minimum absolute atomic E-state index is 0.0139. The summed E-state index contributed by atoms with van der Waals surface area (Å²) in [6.07, 6.45) is 6.73. The van der Waals surface area contributed by atoms with Gasteiger partial charge in [-0.15, -0.1) is 0 Å². The molecule has 1 spiro atoms. The minimum atomic E-state index is 0.0139. The smallest absolute Gasteiger partial charge is 0.165 e. The van der Waals surface area contributed by atoms with Crippen LogP contribution < -0.4 is 4.74 Å². The molecule has 5 atom stereocenters. The van der Waals surface area contributed by atoms with Gasteiger partial charge in [-0.3, -0.25) is 0 Å². The number of hydrogen-bond acceptors (Lipinski definition) is 4. The molecule has 0 radical (unpaired) electrons. The molecule has 2 heterocycles. The second-order valence-electron chi connectivity index (χ2n) is 6.93. The van der Waals surface area contributed by atoms with Crippen LogP contribution in [0.3, 0.4) is 0 Å². The number of benzene rings is 1. The van der Waals surface area contributed by atoms with Gasteiger partial charge in [0.15, 0.2) is 11.5 Å². The van der Waals surface area contributed by atoms with Gasteiger partial charge in [0.05, 0.1) is 5.25 Å². The van der Waals surface area contributed by atoms with E-state index in [1.54, 1.807) is 6.07 Å². The van der Waals surface area contributed by atoms with E-state index in [-0.39, 0.29) is 22.5 Å². The Morgan fingerprint density at radius 2 is 2.24 bits per heavy atom. The number of ether oxygens (including phenoxy) is 1. The van der Waals surface area contributed by atoms with Crippen molar-refractivity contribution in [2.24, 2.45) is 5.92 Å². The summed E-state index contributed by atoms with van der Waals surface area (Å²) >= 11 is 4.75. The van der Waals surface area contributed by atoms with Crippen molar-refractivity contribution >= 4 is 12.6 Å². The van der Waals surface area contributed by atoms with Crippen LogP contribution in [0.2, 0.25) is 0 Å². The lowest BCUT2D eigenvalue weighted by molar-refractivity contribution is 0.00434. The zero-order valence-corrected chi connectivity index (χ0v) is 12.9. The molecule has 2 aliphatic carbocycles. The molecule has 0 saturated carbocycles. The summed E-state index contributed by atoms with van der Waals surface area (Å²) in [7, 11) is 2.23. The fraction of sp³-hybridized carbons (Fsp3) is 0.529. The minimum Gasteiger partial charge on any atom is -0.504 e. The number of likely N-dealkylation sites (N-methyl/N-ethyl adjacent to an activating group) is 1. The standard InChI is InChI=1S/C17H19NO2S/c1-18-7-6-17-10-3-5-13(21)16(17)20-15-12(19)4-2-9(14(15)17)8-11(10)18/h2-5,10-11,13,16,19,21H,6-8H2,1H3/t10-,11+,13-,16-,17-/m0/s1. The molecule has 4 heteroatoms. The van der Waals surface area contributed by atoms with E-state index < -0.39 is 0 Å². The van der Waals surface area contributed by atoms with Crippen molar-refractivity contribution in [3.63, 3.8) is 0 Å². The van der Waals surface area contributed by atoms with Crippen LogP contribution >= 0.6 is 12.6 Å². The monoisotopic (exact) mass is 301 g/mol. The summed E-state index contributed by atoms with van der Waals surface area (Å²) in [6.45, 7) is 1.09. The van der Waals surface area contributed by atoms with Crippen LogP contribution in [0.1, 0.15) is 17.5 Å². The molecule has 0 amide bonds. The van der Waals surface area contributed by atoms with Crippen LogP contribution in [0.25, 0.3) is 0 Å². The van der Waals surface area contributed by atoms with Gasteiger partial charge in [-0.1, -0.05) is 18.2 Å². The highest BCUT2D eigenvalue weighted by Crippen LogP contribution is 2.62. The van der Waals surface area contributed by atoms with Crippen LogP contribution in [0, 0.1) is 5.92 Å². The summed E-state index contributed by atoms with van der Waals surface area (Å²) in [5.41, 5.74) is 2.65. The largest absolute Gasteiger partial charge is 0.504 e. The first-order valence-corrected chi connectivity index (χ1v) is 8.23. The molecule has 5 rings (SSSR count). The maximum atomic E-state index is 10.3. The lowest BCUT2D eigenvalue weighted by Gasteiger charge is -2.56. The molecular formula is C17H19NO2S. The van der Waals surface area contributed by atoms with Crippen molar-refractivity contribution in [1.29, 1.82) is 0 Å². The number of aromatic hydroxyl groups is 1. The highest BCUT2D eigenvalue weighted by molar-refractivity contribution is 7.81. The number of hydrogen-bond donors (Lipinski definition) is 2. The molecule has 0 aromatic heterocycles. The Bertz CT molecular complexity index is 673. The predicted molar refractivity (Wildman–Crippen MR) is 84.3 cm³/mol. The van der Waals surface area contributed by atoms with Gasteiger partial charge in [-0.05, 0) is 38.1 Å². The molecule has 1 fully saturated rings. The van der Waals surface area contributed by atoms with E-state index >= 15 is 0 Å². The van der Waals surface area contributed by atoms with Crippen molar-refractivity contribution in [2.45, 2.75) is 35.7 Å². The molecular weight excluding hydrogens is 282 g/mol. The van der Waals surface area contributed by atoms with Crippen molar-refractivity contribution in [3.05, 3.63) is 35.4 Å². The molecule has 4 aliphatic rings. The van der Waals surface area contributed by atoms with Crippen LogP contribution in [0.5, 0.6) is 11.5 Å². The van der Waals surface area contributed by atoms with E-state index in [2.05, 4.69) is 30.2 Å². The van der Waals surface area contributed by atoms with Crippen molar-refractivity contribution in [3.8, 4) is 11.5 Å². The maximum absolute atomic E-state index is 10.3. The van der Waals surface area contributed by atoms with Crippen molar-refractivity contribution in [2.75, 3.05) is 13.6 Å². The maximum Gasteiger partial charge on any atom is 0.165 e. The number of rotatable bonds is 0. The molecule has 3 nitrogen and oxygen atoms in total. The van der Waals surface area contributed by atoms with Gasteiger partial charge in [0.1, 0.15) is 6.10 Å². The first-order chi connectivity index (χ1) is 10.1. The Balaban J connectivity index is 1.84. The van der Waals surface area contributed by atoms with Crippen LogP contribution in [0.4, 0.5) is 0 Å². The van der Waals surface area contributed by atoms with Crippen molar-refractivity contribution < 1.29 is 9.84 Å². The van der Waals surface area contributed by atoms with E-state index in [4.69, 9.17) is 17.4 Å². The number of phenols is 1. The highest BCUT2D eigenvalue weighted by atomic mass is 32.1. The molecule has 21 heavy (non-hydrogen) atoms. The number of phenolic OH excluding ortho intramolecular Hbond substituents is 1. The Morgan fingerprint density at radius 1 is 1.38 bits per heavy atom. The number of nitrogens with zero attached hydrogens (tertiary/aromatic N) is 1. The molecule has 0 unspecified atom stereocenters. The second kappa shape index (κ2) is 3.79. The van der Waals surface area contributed by atoms with Gasteiger partial charge < -0.3 is 14.7 Å². The zero-order valence-electron chi connectivity index (χ0n) is 12.0. The first kappa shape index (κ1) is 12.4. The average molecular weight is 301 g/mol. The average Bonchev–Trinajstić information content (AvgIpc) is 2.83. The van der Waals surface area contributed by atoms with E-state index in [9.17, 15) is 5.11 Å². The van der Waals surface area contributed by atoms with Gasteiger partial charge in [0.2, 0.25) is 0 Å². The Hall–Kier alpha value is -1.13. The molecule has 1 aromatic rings. The zero-order chi connectivity index (χ0) is 14.4. The lowest BCUT2D eigenvalue weighted by Crippen LogP contribution is -2.64. The van der Waals surface area contributed by atoms with E-state index in [1.165, 1.54) is 11.1 Å². The fourth-order valence-electron chi connectivity index (χ4n) is 5.24. The Kier molecular flexibility index (Phi) is 2.24. The number of piperidine rings is 1. The highest BCUT2D eigenvalue weighted by Gasteiger charge is 2.63. The SMILES string of the molecule is CN1CC[C@]23c4c5ccc(O)c4O[C@H]2[C@@H](S)C=C[C@H]3[C@H]1C5. The molecule has 2 aliphatic heterocycles. The number of thiol groups is 1. The summed E-state index contributed by atoms with van der Waals surface area (Å²) < 4.78 is 6.26. The molecule has 1 aromatic carbocycles. The van der Waals surface area contributed by atoms with Gasteiger partial charge in [0.25, 0.3) is 0 Å². The van der Waals surface area contributed by atoms with E-state index in [0.29, 0.717) is 12.0 Å². The third-order valence-corrected chi connectivity index (χ3v) is 6.59. The van der Waals surface area contributed by atoms with Crippen LogP contribution in [-0.2, 0) is 11.8 Å².